The van der Waals surface area contributed by atoms with Crippen LogP contribution in [-0.4, -0.2) is 28.6 Å². The second kappa shape index (κ2) is 11.3. The molecule has 4 heteroatoms. The van der Waals surface area contributed by atoms with Crippen molar-refractivity contribution in [3.8, 4) is 0 Å². The minimum atomic E-state index is -0.0526. The Labute approximate surface area is 267 Å². The third kappa shape index (κ3) is 4.47. The molecule has 4 nitrogen and oxygen atoms in total. The van der Waals surface area contributed by atoms with E-state index in [0.29, 0.717) is 45.9 Å². The molecule has 13 atom stereocenters. The zero-order chi connectivity index (χ0) is 31.1. The van der Waals surface area contributed by atoms with E-state index < -0.39 is 0 Å². The maximum absolute atomic E-state index is 12.4. The van der Waals surface area contributed by atoms with Crippen LogP contribution in [0, 0.1) is 69.0 Å². The summed E-state index contributed by atoms with van der Waals surface area (Å²) < 4.78 is 0. The predicted octanol–water partition coefficient (Wildman–Crippen LogP) is 8.91. The largest absolute Gasteiger partial charge is 0.393 e. The molecule has 0 aromatic heterocycles. The van der Waals surface area contributed by atoms with E-state index in [2.05, 4.69) is 27.7 Å². The fraction of sp³-hybridized carbons (Fsp3) is 0.925. The Morgan fingerprint density at radius 2 is 1.11 bits per heavy atom. The summed E-state index contributed by atoms with van der Waals surface area (Å²) in [5.41, 5.74) is 0.906. The number of carbonyl (C=O) groups excluding carboxylic acids is 3. The topological polar surface area (TPSA) is 71.4 Å². The van der Waals surface area contributed by atoms with Gasteiger partial charge in [-0.2, -0.15) is 0 Å². The van der Waals surface area contributed by atoms with E-state index in [1.807, 2.05) is 0 Å². The first-order valence-electron chi connectivity index (χ1n) is 19.3. The Morgan fingerprint density at radius 1 is 0.591 bits per heavy atom. The van der Waals surface area contributed by atoms with Gasteiger partial charge in [-0.1, -0.05) is 27.7 Å². The molecule has 44 heavy (non-hydrogen) atoms. The molecule has 0 aromatic carbocycles. The van der Waals surface area contributed by atoms with E-state index in [9.17, 15) is 19.5 Å². The number of aliphatic hydroxyl groups excluding tert-OH is 1. The van der Waals surface area contributed by atoms with Gasteiger partial charge in [-0.05, 0) is 161 Å². The second-order valence-corrected chi connectivity index (χ2v) is 18.0. The molecular formula is C40H62O4. The van der Waals surface area contributed by atoms with E-state index in [1.165, 1.54) is 57.8 Å². The molecule has 8 saturated carbocycles. The Bertz CT molecular complexity index is 1160. The van der Waals surface area contributed by atoms with E-state index in [-0.39, 0.29) is 16.9 Å². The smallest absolute Gasteiger partial charge is 0.139 e. The molecule has 8 aliphatic carbocycles. The second-order valence-electron chi connectivity index (χ2n) is 18.0. The van der Waals surface area contributed by atoms with Crippen molar-refractivity contribution in [2.45, 2.75) is 162 Å². The third-order valence-corrected chi connectivity index (χ3v) is 17.3. The molecule has 0 heterocycles. The SMILES string of the molecule is CC[C@]12CCC(=O)C[C@@H]1CC[C@@H]1[C@@H]2CC[C@]2(C)C(=O)CC[C@@H]12.CC[C@]12CC[C@H](O)C[C@@H]1CC[C@@H]1[C@@H]2CC[C@]2(C)C(=O)CC[C@@H]12. The highest BCUT2D eigenvalue weighted by molar-refractivity contribution is 5.87. The summed E-state index contributed by atoms with van der Waals surface area (Å²) in [5, 5.41) is 10.1. The van der Waals surface area contributed by atoms with Gasteiger partial charge in [0, 0.05) is 36.5 Å². The number of hydrogen-bond donors (Lipinski definition) is 1. The lowest BCUT2D eigenvalue weighted by molar-refractivity contribution is -0.147. The Hall–Kier alpha value is -1.03. The van der Waals surface area contributed by atoms with Crippen molar-refractivity contribution >= 4 is 17.3 Å². The van der Waals surface area contributed by atoms with Crippen molar-refractivity contribution in [1.29, 1.82) is 0 Å². The highest BCUT2D eigenvalue weighted by atomic mass is 16.3. The van der Waals surface area contributed by atoms with Crippen LogP contribution in [0.4, 0.5) is 0 Å². The zero-order valence-corrected chi connectivity index (χ0v) is 28.5. The van der Waals surface area contributed by atoms with Gasteiger partial charge in [0.25, 0.3) is 0 Å². The van der Waals surface area contributed by atoms with Gasteiger partial charge < -0.3 is 5.11 Å². The Morgan fingerprint density at radius 3 is 1.66 bits per heavy atom. The van der Waals surface area contributed by atoms with Crippen LogP contribution >= 0.6 is 0 Å². The molecule has 0 saturated heterocycles. The van der Waals surface area contributed by atoms with Gasteiger partial charge in [-0.3, -0.25) is 14.4 Å². The van der Waals surface area contributed by atoms with Gasteiger partial charge in [-0.15, -0.1) is 0 Å². The summed E-state index contributed by atoms with van der Waals surface area (Å²) in [7, 11) is 0. The molecule has 1 N–H and O–H groups in total. The van der Waals surface area contributed by atoms with Crippen molar-refractivity contribution in [2.75, 3.05) is 0 Å². The van der Waals surface area contributed by atoms with Gasteiger partial charge in [0.15, 0.2) is 0 Å². The minimum absolute atomic E-state index is 0.00653. The summed E-state index contributed by atoms with van der Waals surface area (Å²) in [4.78, 5) is 36.9. The number of rotatable bonds is 2. The standard InChI is InChI=1S/C20H32O2.C20H30O2/c2*1-3-20-11-8-14(21)12-13(20)4-5-15-16-6-7-18(22)19(16,2)10-9-17(15)20/h13-17,21H,3-12H2,1-2H3;13,15-17H,3-12H2,1-2H3/t13-,14-,15-,16-,17-,19-,20-;13-,15-,16-,17-,19-,20-/m00/s1. The fourth-order valence-corrected chi connectivity index (χ4v) is 14.8. The van der Waals surface area contributed by atoms with Crippen LogP contribution in [0.25, 0.3) is 0 Å². The van der Waals surface area contributed by atoms with E-state index >= 15 is 0 Å². The van der Waals surface area contributed by atoms with Crippen molar-refractivity contribution in [3.63, 3.8) is 0 Å². The first-order chi connectivity index (χ1) is 21.0. The fourth-order valence-electron chi connectivity index (χ4n) is 14.8. The number of ketones is 3. The van der Waals surface area contributed by atoms with Gasteiger partial charge in [0.1, 0.15) is 17.3 Å². The average Bonchev–Trinajstić information content (AvgIpc) is 3.51. The van der Waals surface area contributed by atoms with E-state index in [4.69, 9.17) is 0 Å². The molecule has 246 valence electrons. The Kier molecular flexibility index (Phi) is 8.10. The molecule has 0 bridgehead atoms. The van der Waals surface area contributed by atoms with Crippen molar-refractivity contribution in [2.24, 2.45) is 69.0 Å². The number of hydrogen-bond acceptors (Lipinski definition) is 4. The van der Waals surface area contributed by atoms with Crippen LogP contribution in [0.5, 0.6) is 0 Å². The van der Waals surface area contributed by atoms with Gasteiger partial charge in [-0.25, -0.2) is 0 Å². The van der Waals surface area contributed by atoms with Crippen LogP contribution in [0.3, 0.4) is 0 Å². The summed E-state index contributed by atoms with van der Waals surface area (Å²) >= 11 is 0. The Balaban J connectivity index is 0.000000142. The van der Waals surface area contributed by atoms with Crippen molar-refractivity contribution in [3.05, 3.63) is 0 Å². The lowest BCUT2D eigenvalue weighted by Gasteiger charge is -2.61. The molecule has 0 radical (unpaired) electrons. The van der Waals surface area contributed by atoms with Crippen LogP contribution in [0.15, 0.2) is 0 Å². The molecule has 8 fully saturated rings. The summed E-state index contributed by atoms with van der Waals surface area (Å²) in [6.07, 6.45) is 22.4. The maximum atomic E-state index is 12.4. The van der Waals surface area contributed by atoms with E-state index in [1.54, 1.807) is 0 Å². The molecule has 8 aliphatic rings. The molecule has 0 spiro atoms. The van der Waals surface area contributed by atoms with Crippen LogP contribution in [0.1, 0.15) is 156 Å². The van der Waals surface area contributed by atoms with Crippen LogP contribution < -0.4 is 0 Å². The maximum Gasteiger partial charge on any atom is 0.139 e. The number of fused-ring (bicyclic) bond motifs is 10. The first-order valence-corrected chi connectivity index (χ1v) is 19.3. The molecular weight excluding hydrogens is 544 g/mol. The highest BCUT2D eigenvalue weighted by Gasteiger charge is 2.62. The molecule has 0 aromatic rings. The quantitative estimate of drug-likeness (QED) is 0.341. The summed E-state index contributed by atoms with van der Waals surface area (Å²) in [6, 6.07) is 0. The monoisotopic (exact) mass is 606 g/mol. The predicted molar refractivity (Wildman–Crippen MR) is 174 cm³/mol. The van der Waals surface area contributed by atoms with Crippen LogP contribution in [0.2, 0.25) is 0 Å². The van der Waals surface area contributed by atoms with Gasteiger partial charge >= 0.3 is 0 Å². The summed E-state index contributed by atoms with van der Waals surface area (Å²) in [5.74, 6) is 7.45. The van der Waals surface area contributed by atoms with Crippen LogP contribution in [-0.2, 0) is 14.4 Å². The molecule has 8 rings (SSSR count). The van der Waals surface area contributed by atoms with Gasteiger partial charge in [0.2, 0.25) is 0 Å². The normalized spacial score (nSPS) is 52.8. The lowest BCUT2D eigenvalue weighted by Crippen LogP contribution is -2.55. The first kappa shape index (κ1) is 31.6. The zero-order valence-electron chi connectivity index (χ0n) is 28.5. The minimum Gasteiger partial charge on any atom is -0.393 e. The van der Waals surface area contributed by atoms with Crippen molar-refractivity contribution in [1.82, 2.24) is 0 Å². The molecule has 0 unspecified atom stereocenters. The number of carbonyl (C=O) groups is 3. The highest BCUT2D eigenvalue weighted by Crippen LogP contribution is 2.68. The molecule has 0 aliphatic heterocycles. The van der Waals surface area contributed by atoms with E-state index in [0.717, 1.165) is 100 Å². The average molecular weight is 607 g/mol. The molecule has 0 amide bonds. The summed E-state index contributed by atoms with van der Waals surface area (Å²) in [6.45, 7) is 9.29. The third-order valence-electron chi connectivity index (χ3n) is 17.3. The number of Topliss-reactive ketones (excluding diaryl/α,β-unsaturated/α-hetero) is 3. The van der Waals surface area contributed by atoms with Gasteiger partial charge in [0.05, 0.1) is 6.10 Å². The number of aliphatic hydroxyl groups is 1. The lowest BCUT2D eigenvalue weighted by atomic mass is 9.44. The van der Waals surface area contributed by atoms with Crippen molar-refractivity contribution < 1.29 is 19.5 Å².